The second-order valence-corrected chi connectivity index (χ2v) is 10.9. The fourth-order valence-corrected chi connectivity index (χ4v) is 5.65. The topological polar surface area (TPSA) is 98.4 Å². The van der Waals surface area contributed by atoms with Crippen LogP contribution in [0.1, 0.15) is 54.1 Å². The molecule has 2 unspecified atom stereocenters. The minimum atomic E-state index is -2.13. The number of ether oxygens (including phenoxy) is 3. The number of hydrogen-bond donors (Lipinski definition) is 2. The normalized spacial score (nSPS) is 16.0. The lowest BCUT2D eigenvalue weighted by molar-refractivity contribution is 0.160. The molecular weight excluding hydrogens is 542 g/mol. The van der Waals surface area contributed by atoms with Crippen molar-refractivity contribution in [2.75, 3.05) is 33.2 Å². The van der Waals surface area contributed by atoms with E-state index in [-0.39, 0.29) is 6.04 Å². The molecule has 2 aliphatic heterocycles. The quantitative estimate of drug-likeness (QED) is 0.360. The van der Waals surface area contributed by atoms with Gasteiger partial charge in [-0.1, -0.05) is 38.0 Å². The first-order valence-corrected chi connectivity index (χ1v) is 14.8. The highest BCUT2D eigenvalue weighted by molar-refractivity contribution is 7.79. The number of fused-ring (bicyclic) bond motifs is 4. The van der Waals surface area contributed by atoms with E-state index in [9.17, 15) is 9.00 Å². The van der Waals surface area contributed by atoms with Crippen LogP contribution in [0.25, 0.3) is 0 Å². The SMILES string of the molecule is CCC.COc1cc2c(cc1OC)CN1CCc3cc(OC)c(OS(=O)NC(=O)Nc4ccc(C)cc4)cc3C1C2. The molecule has 2 aliphatic rings. The van der Waals surface area contributed by atoms with Crippen LogP contribution in [0.5, 0.6) is 23.0 Å². The van der Waals surface area contributed by atoms with Crippen LogP contribution < -0.4 is 28.4 Å². The summed E-state index contributed by atoms with van der Waals surface area (Å²) < 4.78 is 37.3. The molecule has 3 aromatic carbocycles. The van der Waals surface area contributed by atoms with Gasteiger partial charge in [0.15, 0.2) is 23.0 Å². The number of methoxy groups -OCH3 is 3. The number of carbonyl (C=O) groups is 1. The Morgan fingerprint density at radius 2 is 1.49 bits per heavy atom. The smallest absolute Gasteiger partial charge is 0.333 e. The lowest BCUT2D eigenvalue weighted by Crippen LogP contribution is -2.39. The zero-order valence-electron chi connectivity index (χ0n) is 24.5. The van der Waals surface area contributed by atoms with Gasteiger partial charge in [-0.15, -0.1) is 0 Å². The number of nitrogens with one attached hydrogen (secondary N) is 2. The molecule has 2 atom stereocenters. The van der Waals surface area contributed by atoms with E-state index >= 15 is 0 Å². The highest BCUT2D eigenvalue weighted by Gasteiger charge is 2.34. The zero-order valence-corrected chi connectivity index (χ0v) is 25.4. The van der Waals surface area contributed by atoms with Crippen molar-refractivity contribution < 1.29 is 27.4 Å². The van der Waals surface area contributed by atoms with E-state index in [1.165, 1.54) is 17.5 Å². The van der Waals surface area contributed by atoms with Crippen molar-refractivity contribution in [2.24, 2.45) is 0 Å². The van der Waals surface area contributed by atoms with Gasteiger partial charge in [-0.2, -0.15) is 4.21 Å². The first kappa shape index (κ1) is 30.2. The van der Waals surface area contributed by atoms with Crippen molar-refractivity contribution in [1.82, 2.24) is 9.62 Å². The lowest BCUT2D eigenvalue weighted by Gasteiger charge is -2.41. The third kappa shape index (κ3) is 7.12. The van der Waals surface area contributed by atoms with Crippen molar-refractivity contribution in [1.29, 1.82) is 0 Å². The number of anilines is 1. The van der Waals surface area contributed by atoms with Crippen LogP contribution in [0.4, 0.5) is 10.5 Å². The Labute approximate surface area is 244 Å². The molecule has 9 nitrogen and oxygen atoms in total. The van der Waals surface area contributed by atoms with Crippen LogP contribution in [0.15, 0.2) is 48.5 Å². The first-order valence-electron chi connectivity index (χ1n) is 13.7. The average molecular weight is 582 g/mol. The van der Waals surface area contributed by atoms with E-state index in [1.807, 2.05) is 37.3 Å². The molecule has 0 fully saturated rings. The van der Waals surface area contributed by atoms with Gasteiger partial charge in [-0.25, -0.2) is 9.52 Å². The van der Waals surface area contributed by atoms with E-state index in [2.05, 4.69) is 34.9 Å². The molecule has 0 aromatic heterocycles. The molecule has 5 rings (SSSR count). The van der Waals surface area contributed by atoms with Gasteiger partial charge in [-0.3, -0.25) is 4.90 Å². The molecule has 2 heterocycles. The molecular formula is C31H39N3O6S. The summed E-state index contributed by atoms with van der Waals surface area (Å²) >= 11 is -2.13. The van der Waals surface area contributed by atoms with E-state index in [0.29, 0.717) is 22.9 Å². The maximum atomic E-state index is 12.7. The Morgan fingerprint density at radius 1 is 0.902 bits per heavy atom. The fraction of sp³-hybridized carbons (Fsp3) is 0.387. The van der Waals surface area contributed by atoms with Crippen LogP contribution >= 0.6 is 0 Å². The number of nitrogens with zero attached hydrogens (tertiary/aromatic N) is 1. The Bertz CT molecular complexity index is 1400. The maximum absolute atomic E-state index is 12.7. The predicted octanol–water partition coefficient (Wildman–Crippen LogP) is 5.87. The number of carbonyl (C=O) groups excluding carboxylic acids is 1. The first-order chi connectivity index (χ1) is 19.8. The zero-order chi connectivity index (χ0) is 29.5. The number of aryl methyl sites for hydroxylation is 1. The number of hydrogen-bond acceptors (Lipinski definition) is 7. The monoisotopic (exact) mass is 581 g/mol. The standard InChI is InChI=1S/C28H31N3O6S.C3H8/c1-17-5-7-21(8-6-17)29-28(32)30-38(33)37-27-15-22-18(12-26(27)36-4)9-10-31-16-20-14-25(35-3)24(34-2)13-19(20)11-23(22)31;1-3-2/h5-8,12-15,23H,9-11,16H2,1-4H3,(H2,29,30,32);3H2,1-2H3. The highest BCUT2D eigenvalue weighted by atomic mass is 32.2. The van der Waals surface area contributed by atoms with Crippen LogP contribution in [-0.4, -0.2) is 43.0 Å². The van der Waals surface area contributed by atoms with Crippen molar-refractivity contribution in [3.8, 4) is 23.0 Å². The van der Waals surface area contributed by atoms with E-state index in [1.54, 1.807) is 33.5 Å². The van der Waals surface area contributed by atoms with Crippen LogP contribution in [0.3, 0.4) is 0 Å². The molecule has 0 radical (unpaired) electrons. The second-order valence-electron chi connectivity index (χ2n) is 10.1. The van der Waals surface area contributed by atoms with Crippen molar-refractivity contribution >= 4 is 23.0 Å². The number of amides is 2. The molecule has 41 heavy (non-hydrogen) atoms. The Balaban J connectivity index is 0.00000124. The van der Waals surface area contributed by atoms with E-state index in [0.717, 1.165) is 48.4 Å². The molecule has 10 heteroatoms. The van der Waals surface area contributed by atoms with Gasteiger partial charge in [0, 0.05) is 24.8 Å². The van der Waals surface area contributed by atoms with Gasteiger partial charge in [-0.05, 0) is 78.4 Å². The van der Waals surface area contributed by atoms with Crippen LogP contribution in [0.2, 0.25) is 0 Å². The molecule has 0 saturated heterocycles. The maximum Gasteiger partial charge on any atom is 0.333 e. The summed E-state index contributed by atoms with van der Waals surface area (Å²) in [5.74, 6) is 2.21. The van der Waals surface area contributed by atoms with Crippen molar-refractivity contribution in [2.45, 2.75) is 52.6 Å². The third-order valence-electron chi connectivity index (χ3n) is 7.04. The lowest BCUT2D eigenvalue weighted by atomic mass is 9.83. The summed E-state index contributed by atoms with van der Waals surface area (Å²) in [6, 6.07) is 14.7. The van der Waals surface area contributed by atoms with Crippen molar-refractivity contribution in [3.05, 3.63) is 76.3 Å². The molecule has 3 aromatic rings. The highest BCUT2D eigenvalue weighted by Crippen LogP contribution is 2.44. The summed E-state index contributed by atoms with van der Waals surface area (Å²) in [5, 5.41) is 2.65. The minimum Gasteiger partial charge on any atom is -0.493 e. The largest absolute Gasteiger partial charge is 0.493 e. The Morgan fingerprint density at radius 3 is 2.12 bits per heavy atom. The second kappa shape index (κ2) is 13.7. The summed E-state index contributed by atoms with van der Waals surface area (Å²) in [6.07, 6.45) is 2.89. The van der Waals surface area contributed by atoms with Gasteiger partial charge in [0.05, 0.1) is 21.3 Å². The van der Waals surface area contributed by atoms with Gasteiger partial charge in [0.1, 0.15) is 0 Å². The molecule has 0 saturated carbocycles. The van der Waals surface area contributed by atoms with E-state index in [4.69, 9.17) is 18.4 Å². The Kier molecular flexibility index (Phi) is 10.1. The van der Waals surface area contributed by atoms with Crippen LogP contribution in [0, 0.1) is 6.92 Å². The number of rotatable bonds is 7. The predicted molar refractivity (Wildman–Crippen MR) is 161 cm³/mol. The van der Waals surface area contributed by atoms with Gasteiger partial charge in [0.2, 0.25) is 0 Å². The molecule has 2 amide bonds. The number of benzene rings is 3. The molecule has 220 valence electrons. The molecule has 2 N–H and O–H groups in total. The third-order valence-corrected chi connectivity index (χ3v) is 7.72. The van der Waals surface area contributed by atoms with Gasteiger partial charge in [0.25, 0.3) is 0 Å². The molecule has 0 bridgehead atoms. The van der Waals surface area contributed by atoms with Crippen LogP contribution in [-0.2, 0) is 30.7 Å². The fourth-order valence-electron chi connectivity index (χ4n) is 5.11. The number of urea groups is 1. The Hall–Kier alpha value is -3.76. The van der Waals surface area contributed by atoms with E-state index < -0.39 is 17.3 Å². The molecule has 0 spiro atoms. The van der Waals surface area contributed by atoms with Gasteiger partial charge < -0.3 is 23.7 Å². The van der Waals surface area contributed by atoms with Gasteiger partial charge >= 0.3 is 17.3 Å². The summed E-state index contributed by atoms with van der Waals surface area (Å²) in [5.41, 5.74) is 6.33. The summed E-state index contributed by atoms with van der Waals surface area (Å²) in [7, 11) is 4.83. The van der Waals surface area contributed by atoms with Crippen molar-refractivity contribution in [3.63, 3.8) is 0 Å². The molecule has 0 aliphatic carbocycles. The average Bonchev–Trinajstić information content (AvgIpc) is 2.96. The summed E-state index contributed by atoms with van der Waals surface area (Å²) in [6.45, 7) is 7.90. The summed E-state index contributed by atoms with van der Waals surface area (Å²) in [4.78, 5) is 14.8. The minimum absolute atomic E-state index is 0.115.